The highest BCUT2D eigenvalue weighted by molar-refractivity contribution is 7.73. The van der Waals surface area contributed by atoms with Crippen molar-refractivity contribution in [2.24, 2.45) is 0 Å². The second-order valence-corrected chi connectivity index (χ2v) is 11.2. The second kappa shape index (κ2) is 12.7. The van der Waals surface area contributed by atoms with Gasteiger partial charge in [-0.2, -0.15) is 15.7 Å². The van der Waals surface area contributed by atoms with E-state index in [4.69, 9.17) is 9.52 Å². The minimum atomic E-state index is -1.93. The maximum Gasteiger partial charge on any atom is 0.228 e. The fourth-order valence-electron chi connectivity index (χ4n) is 3.91. The molecule has 0 aliphatic heterocycles. The fraction of sp³-hybridized carbons (Fsp3) is 0.200. The molecule has 11 heteroatoms. The maximum absolute atomic E-state index is 15.1. The smallest absolute Gasteiger partial charge is 0.228 e. The van der Waals surface area contributed by atoms with E-state index in [-0.39, 0.29) is 26.5 Å². The first kappa shape index (κ1) is 29.3. The zero-order valence-corrected chi connectivity index (χ0v) is 23.9. The molecule has 0 saturated carbocycles. The molecule has 0 bridgehead atoms. The molecule has 0 aliphatic rings. The van der Waals surface area contributed by atoms with Crippen LogP contribution < -0.4 is 10.1 Å². The van der Waals surface area contributed by atoms with Crippen LogP contribution in [0.1, 0.15) is 34.8 Å². The number of aromatic nitrogens is 4. The molecule has 2 N–H and O–H groups in total. The number of ether oxygens (including phenoxy) is 1. The Morgan fingerprint density at radius 1 is 1.12 bits per heavy atom. The minimum absolute atomic E-state index is 0. The van der Waals surface area contributed by atoms with Crippen LogP contribution in [-0.2, 0) is 31.6 Å². The first-order valence-electron chi connectivity index (χ1n) is 12.7. The van der Waals surface area contributed by atoms with Gasteiger partial charge < -0.3 is 19.0 Å². The summed E-state index contributed by atoms with van der Waals surface area (Å²) in [4.78, 5) is 20.8. The molecular formula is C30H34FN6O3S-. The highest BCUT2D eigenvalue weighted by Crippen LogP contribution is 2.34. The van der Waals surface area contributed by atoms with E-state index >= 15 is 4.39 Å². The van der Waals surface area contributed by atoms with Gasteiger partial charge >= 0.3 is 0 Å². The molecule has 2 aromatic carbocycles. The number of carbonyl (C=O) groups is 1. The second-order valence-electron chi connectivity index (χ2n) is 10.2. The number of anilines is 1. The summed E-state index contributed by atoms with van der Waals surface area (Å²) in [7, 11) is -1.93. The number of carbonyl (C=O) groups excluding carboxylic acids is 1. The summed E-state index contributed by atoms with van der Waals surface area (Å²) >= 11 is 0. The topological polar surface area (TPSA) is 123 Å². The van der Waals surface area contributed by atoms with Gasteiger partial charge in [0.25, 0.3) is 0 Å². The molecule has 3 aromatic heterocycles. The van der Waals surface area contributed by atoms with Gasteiger partial charge in [0, 0.05) is 33.0 Å². The number of rotatable bonds is 6. The molecule has 5 aromatic rings. The van der Waals surface area contributed by atoms with Gasteiger partial charge in [-0.05, 0) is 69.2 Å². The first-order valence-corrected chi connectivity index (χ1v) is 13.8. The predicted octanol–water partition coefficient (Wildman–Crippen LogP) is 7.27. The Morgan fingerprint density at radius 2 is 1.88 bits per heavy atom. The molecule has 41 heavy (non-hydrogen) atoms. The average Bonchev–Trinajstić information content (AvgIpc) is 3.41. The number of benzene rings is 2. The van der Waals surface area contributed by atoms with E-state index in [1.54, 1.807) is 66.7 Å². The zero-order valence-electron chi connectivity index (χ0n) is 23.1. The van der Waals surface area contributed by atoms with E-state index in [1.165, 1.54) is 12.3 Å². The first-order chi connectivity index (χ1) is 19.5. The quantitative estimate of drug-likeness (QED) is 0.205. The van der Waals surface area contributed by atoms with E-state index in [1.807, 2.05) is 39.0 Å². The number of halogens is 1. The lowest BCUT2D eigenvalue weighted by atomic mass is 10.1. The highest BCUT2D eigenvalue weighted by atomic mass is 32.2. The lowest BCUT2D eigenvalue weighted by Crippen LogP contribution is -2.22. The van der Waals surface area contributed by atoms with E-state index in [0.717, 1.165) is 0 Å². The summed E-state index contributed by atoms with van der Waals surface area (Å²) in [6, 6.07) is 15.0. The fourth-order valence-corrected chi connectivity index (χ4v) is 4.32. The summed E-state index contributed by atoms with van der Waals surface area (Å²) in [6.45, 7) is 7.71. The summed E-state index contributed by atoms with van der Waals surface area (Å²) < 4.78 is 41.7. The van der Waals surface area contributed by atoms with Crippen molar-refractivity contribution < 1.29 is 21.0 Å². The number of fused-ring (bicyclic) bond motifs is 1. The molecule has 1 amide bonds. The molecule has 0 unspecified atom stereocenters. The Hall–Kier alpha value is -4.64. The Labute approximate surface area is 242 Å². The van der Waals surface area contributed by atoms with Crippen LogP contribution in [0.4, 0.5) is 10.1 Å². The largest absolute Gasteiger partial charge is 0.453 e. The Kier molecular flexibility index (Phi) is 9.08. The van der Waals surface area contributed by atoms with Gasteiger partial charge in [-0.1, -0.05) is 29.2 Å². The molecule has 5 rings (SSSR count). The van der Waals surface area contributed by atoms with Gasteiger partial charge in [0.2, 0.25) is 5.91 Å². The van der Waals surface area contributed by atoms with Crippen molar-refractivity contribution in [3.63, 3.8) is 0 Å². The van der Waals surface area contributed by atoms with E-state index < -0.39 is 16.4 Å². The van der Waals surface area contributed by atoms with Crippen LogP contribution in [0.25, 0.3) is 10.9 Å². The Balaban J connectivity index is 0.000000720. The van der Waals surface area contributed by atoms with E-state index in [2.05, 4.69) is 20.4 Å². The molecule has 0 fully saturated rings. The number of nitrogens with one attached hydrogen (secondary N) is 2. The zero-order chi connectivity index (χ0) is 29.6. The lowest BCUT2D eigenvalue weighted by molar-refractivity contribution is -0.115. The molecular weight excluding hydrogens is 543 g/mol. The van der Waals surface area contributed by atoms with Crippen LogP contribution in [0, 0.1) is 17.5 Å². The minimum Gasteiger partial charge on any atom is -0.453 e. The predicted molar refractivity (Wildman–Crippen MR) is 160 cm³/mol. The Morgan fingerprint density at radius 3 is 2.46 bits per heavy atom. The SMILES string of the molecule is Cc1cc(CC(=O)Nc2cnn(C(C)(C)C)c2)cc(F)c1Oc1ccnc2ccc([S-](=N)=O)cc12.[HH].[HH].c1ccncc1. The number of pyridine rings is 2. The van der Waals surface area contributed by atoms with Gasteiger partial charge in [0.05, 0.1) is 29.4 Å². The third-order valence-electron chi connectivity index (χ3n) is 5.87. The van der Waals surface area contributed by atoms with Gasteiger partial charge in [-0.25, -0.2) is 4.39 Å². The van der Waals surface area contributed by atoms with Gasteiger partial charge in [0.15, 0.2) is 11.6 Å². The van der Waals surface area contributed by atoms with Gasteiger partial charge in [0.1, 0.15) is 5.75 Å². The van der Waals surface area contributed by atoms with Crippen molar-refractivity contribution >= 4 is 33.1 Å². The van der Waals surface area contributed by atoms with E-state index in [0.29, 0.717) is 38.4 Å². The number of hydrogen-bond donors (Lipinski definition) is 2. The van der Waals surface area contributed by atoms with Crippen molar-refractivity contribution in [3.05, 3.63) is 103 Å². The van der Waals surface area contributed by atoms with Gasteiger partial charge in [-0.15, -0.1) is 0 Å². The number of nitrogens with zero attached hydrogens (tertiary/aromatic N) is 4. The van der Waals surface area contributed by atoms with Crippen molar-refractivity contribution in [2.45, 2.75) is 44.6 Å². The van der Waals surface area contributed by atoms with Crippen molar-refractivity contribution in [3.8, 4) is 11.5 Å². The van der Waals surface area contributed by atoms with Crippen molar-refractivity contribution in [2.75, 3.05) is 5.32 Å². The van der Waals surface area contributed by atoms with E-state index in [9.17, 15) is 9.00 Å². The summed E-state index contributed by atoms with van der Waals surface area (Å²) in [5, 5.41) is 7.56. The summed E-state index contributed by atoms with van der Waals surface area (Å²) in [6.07, 6.45) is 8.34. The summed E-state index contributed by atoms with van der Waals surface area (Å²) in [5.74, 6) is -0.559. The average molecular weight is 578 g/mol. The van der Waals surface area contributed by atoms with Crippen LogP contribution in [0.2, 0.25) is 0 Å². The summed E-state index contributed by atoms with van der Waals surface area (Å²) in [5.41, 5.74) is 1.94. The van der Waals surface area contributed by atoms with Crippen molar-refractivity contribution in [1.29, 1.82) is 4.78 Å². The third-order valence-corrected chi connectivity index (χ3v) is 6.56. The molecule has 216 valence electrons. The third kappa shape index (κ3) is 7.73. The van der Waals surface area contributed by atoms with Gasteiger partial charge in [-0.3, -0.25) is 19.4 Å². The molecule has 3 heterocycles. The molecule has 9 nitrogen and oxygen atoms in total. The number of hydrogen-bond acceptors (Lipinski definition) is 8. The van der Waals surface area contributed by atoms with Crippen LogP contribution in [0.5, 0.6) is 11.5 Å². The molecule has 0 radical (unpaired) electrons. The molecule has 0 atom stereocenters. The Bertz CT molecular complexity index is 1700. The maximum atomic E-state index is 15.1. The van der Waals surface area contributed by atoms with Crippen LogP contribution >= 0.6 is 0 Å². The number of aryl methyl sites for hydroxylation is 1. The molecule has 0 spiro atoms. The normalized spacial score (nSPS) is 11.2. The van der Waals surface area contributed by atoms with Crippen molar-refractivity contribution in [1.82, 2.24) is 19.7 Å². The van der Waals surface area contributed by atoms with Crippen LogP contribution in [-0.4, -0.2) is 25.7 Å². The molecule has 0 saturated heterocycles. The monoisotopic (exact) mass is 577 g/mol. The standard InChI is InChI=1S/C25H25FN5O3S.C5H5N.2H2/c1-15-9-16(11-23(32)30-17-13-29-31(14-17)25(2,3)4)10-20(26)24(15)34-22-7-8-28-21-6-5-18(35(27)33)12-19(21)22;1-2-4-6-5-3-1;;/h5-10,12-14,27H,11H2,1-4H3,(H,30,32);1-5H;2*1H/q-1;;;. The number of amides is 1. The molecule has 0 aliphatic carbocycles. The van der Waals surface area contributed by atoms with Crippen LogP contribution in [0.15, 0.2) is 90.5 Å². The lowest BCUT2D eigenvalue weighted by Gasteiger charge is -2.18. The van der Waals surface area contributed by atoms with Crippen LogP contribution in [0.3, 0.4) is 0 Å². The highest BCUT2D eigenvalue weighted by Gasteiger charge is 2.17.